The Bertz CT molecular complexity index is 1240. The molecule has 1 aliphatic heterocycles. The molecule has 0 aliphatic carbocycles. The second kappa shape index (κ2) is 10.5. The highest BCUT2D eigenvalue weighted by Crippen LogP contribution is 2.35. The summed E-state index contributed by atoms with van der Waals surface area (Å²) in [5.41, 5.74) is 3.66. The van der Waals surface area contributed by atoms with Crippen LogP contribution in [0.2, 0.25) is 0 Å². The number of rotatable bonds is 7. The number of hydrogen-bond donors (Lipinski definition) is 2. The Morgan fingerprint density at radius 3 is 2.66 bits per heavy atom. The van der Waals surface area contributed by atoms with Crippen molar-refractivity contribution in [3.8, 4) is 5.75 Å². The first-order chi connectivity index (χ1) is 16.8. The molecule has 0 saturated heterocycles. The van der Waals surface area contributed by atoms with Crippen molar-refractivity contribution in [2.45, 2.75) is 58.7 Å². The van der Waals surface area contributed by atoms with E-state index in [2.05, 4.69) is 5.32 Å². The molecule has 3 aromatic carbocycles. The normalized spacial score (nSPS) is 17.5. The van der Waals surface area contributed by atoms with Crippen LogP contribution in [0.5, 0.6) is 5.75 Å². The van der Waals surface area contributed by atoms with Gasteiger partial charge in [0, 0.05) is 17.2 Å². The smallest absolute Gasteiger partial charge is 0.249 e. The van der Waals surface area contributed by atoms with Gasteiger partial charge in [-0.25, -0.2) is 0 Å². The van der Waals surface area contributed by atoms with E-state index in [0.29, 0.717) is 25.1 Å². The predicted octanol–water partition coefficient (Wildman–Crippen LogP) is 4.91. The molecular weight excluding hydrogens is 440 g/mol. The monoisotopic (exact) mass is 474 g/mol. The van der Waals surface area contributed by atoms with Crippen molar-refractivity contribution in [2.24, 2.45) is 5.92 Å². The van der Waals surface area contributed by atoms with E-state index in [4.69, 9.17) is 4.74 Å². The van der Waals surface area contributed by atoms with Gasteiger partial charge in [-0.2, -0.15) is 0 Å². The Morgan fingerprint density at radius 1 is 1.17 bits per heavy atom. The summed E-state index contributed by atoms with van der Waals surface area (Å²) < 4.78 is 5.71. The van der Waals surface area contributed by atoms with Gasteiger partial charge in [0.25, 0.3) is 0 Å². The average molecular weight is 475 g/mol. The molecule has 0 fully saturated rings. The third-order valence-corrected chi connectivity index (χ3v) is 7.06. The van der Waals surface area contributed by atoms with Gasteiger partial charge in [0.15, 0.2) is 0 Å². The van der Waals surface area contributed by atoms with Crippen molar-refractivity contribution in [1.29, 1.82) is 0 Å². The summed E-state index contributed by atoms with van der Waals surface area (Å²) in [4.78, 5) is 28.3. The molecule has 6 heteroatoms. The number of nitrogens with one attached hydrogen (secondary N) is 1. The summed E-state index contributed by atoms with van der Waals surface area (Å²) in [5, 5.41) is 15.0. The predicted molar refractivity (Wildman–Crippen MR) is 138 cm³/mol. The Morgan fingerprint density at radius 2 is 1.94 bits per heavy atom. The lowest BCUT2D eigenvalue weighted by Crippen LogP contribution is -2.49. The minimum absolute atomic E-state index is 0.0925. The Balaban J connectivity index is 1.77. The first-order valence-corrected chi connectivity index (χ1v) is 12.3. The second-order valence-corrected chi connectivity index (χ2v) is 9.37. The Labute approximate surface area is 206 Å². The molecule has 0 bridgehead atoms. The standard InChI is InChI=1S/C29H34N2O4/c1-5-18(2)28(33)30-25-14-11-20-8-6-7-9-26(20)31(29(25)34)17-24-23-13-10-21(19(3)32)16-22(23)12-15-27(24)35-4/h6-10,12-13,15-16,18-19,25,32H,5,11,14,17H2,1-4H3,(H,30,33)/t18-,19?,25+/m1/s1. The van der Waals surface area contributed by atoms with Gasteiger partial charge < -0.3 is 20.1 Å². The van der Waals surface area contributed by atoms with Crippen molar-refractivity contribution in [2.75, 3.05) is 12.0 Å². The number of aliphatic hydroxyl groups excluding tert-OH is 1. The summed E-state index contributed by atoms with van der Waals surface area (Å²) in [7, 11) is 1.63. The molecule has 184 valence electrons. The summed E-state index contributed by atoms with van der Waals surface area (Å²) in [6.07, 6.45) is 1.41. The lowest BCUT2D eigenvalue weighted by Gasteiger charge is -2.28. The zero-order valence-corrected chi connectivity index (χ0v) is 20.9. The molecule has 3 aromatic rings. The van der Waals surface area contributed by atoms with Crippen LogP contribution < -0.4 is 15.0 Å². The molecule has 4 rings (SSSR count). The number of hydrogen-bond acceptors (Lipinski definition) is 4. The number of ether oxygens (including phenoxy) is 1. The van der Waals surface area contributed by atoms with E-state index in [0.717, 1.165) is 39.6 Å². The van der Waals surface area contributed by atoms with Crippen LogP contribution in [0, 0.1) is 5.92 Å². The molecule has 1 unspecified atom stereocenters. The molecule has 35 heavy (non-hydrogen) atoms. The topological polar surface area (TPSA) is 78.9 Å². The Hall–Kier alpha value is -3.38. The zero-order chi connectivity index (χ0) is 25.1. The lowest BCUT2D eigenvalue weighted by molar-refractivity contribution is -0.129. The molecule has 0 saturated carbocycles. The maximum absolute atomic E-state index is 13.9. The van der Waals surface area contributed by atoms with Crippen LogP contribution in [0.4, 0.5) is 5.69 Å². The van der Waals surface area contributed by atoms with Gasteiger partial charge >= 0.3 is 0 Å². The van der Waals surface area contributed by atoms with Gasteiger partial charge in [0.2, 0.25) is 11.8 Å². The maximum atomic E-state index is 13.9. The number of aryl methyl sites for hydroxylation is 1. The highest BCUT2D eigenvalue weighted by molar-refractivity contribution is 6.01. The average Bonchev–Trinajstić information content (AvgIpc) is 3.00. The summed E-state index contributed by atoms with van der Waals surface area (Å²) in [6.45, 7) is 5.90. The summed E-state index contributed by atoms with van der Waals surface area (Å²) in [5.74, 6) is 0.330. The first kappa shape index (κ1) is 24.7. The van der Waals surface area contributed by atoms with Gasteiger partial charge in [-0.3, -0.25) is 9.59 Å². The maximum Gasteiger partial charge on any atom is 0.249 e. The van der Waals surface area contributed by atoms with E-state index in [1.165, 1.54) is 0 Å². The lowest BCUT2D eigenvalue weighted by atomic mass is 9.98. The number of carbonyl (C=O) groups excluding carboxylic acids is 2. The van der Waals surface area contributed by atoms with Crippen molar-refractivity contribution in [3.05, 3.63) is 71.3 Å². The SMILES string of the molecule is CC[C@@H](C)C(=O)N[C@H]1CCc2ccccc2N(Cc2c(OC)ccc3cc(C(C)O)ccc23)C1=O. The number of amides is 2. The molecule has 0 radical (unpaired) electrons. The van der Waals surface area contributed by atoms with E-state index < -0.39 is 12.1 Å². The fraction of sp³-hybridized carbons (Fsp3) is 0.379. The van der Waals surface area contributed by atoms with E-state index >= 15 is 0 Å². The van der Waals surface area contributed by atoms with Crippen LogP contribution in [0.25, 0.3) is 10.8 Å². The van der Waals surface area contributed by atoms with Gasteiger partial charge in [-0.1, -0.05) is 50.2 Å². The van der Waals surface area contributed by atoms with Gasteiger partial charge in [-0.15, -0.1) is 0 Å². The van der Waals surface area contributed by atoms with Crippen molar-refractivity contribution in [3.63, 3.8) is 0 Å². The minimum atomic E-state index is -0.591. The number of aliphatic hydroxyl groups is 1. The minimum Gasteiger partial charge on any atom is -0.496 e. The van der Waals surface area contributed by atoms with Gasteiger partial charge in [0.1, 0.15) is 11.8 Å². The largest absolute Gasteiger partial charge is 0.496 e. The number of methoxy groups -OCH3 is 1. The van der Waals surface area contributed by atoms with Crippen LogP contribution in [0.3, 0.4) is 0 Å². The molecule has 0 spiro atoms. The van der Waals surface area contributed by atoms with Crippen molar-refractivity contribution in [1.82, 2.24) is 5.32 Å². The third kappa shape index (κ3) is 5.03. The fourth-order valence-corrected chi connectivity index (χ4v) is 4.68. The fourth-order valence-electron chi connectivity index (χ4n) is 4.68. The van der Waals surface area contributed by atoms with E-state index in [1.54, 1.807) is 18.9 Å². The van der Waals surface area contributed by atoms with Crippen molar-refractivity contribution < 1.29 is 19.4 Å². The molecule has 2 N–H and O–H groups in total. The molecular formula is C29H34N2O4. The van der Waals surface area contributed by atoms with Crippen LogP contribution in [-0.4, -0.2) is 30.1 Å². The van der Waals surface area contributed by atoms with E-state index in [1.807, 2.05) is 68.4 Å². The molecule has 1 heterocycles. The Kier molecular flexibility index (Phi) is 7.41. The summed E-state index contributed by atoms with van der Waals surface area (Å²) in [6, 6.07) is 17.1. The number of benzene rings is 3. The van der Waals surface area contributed by atoms with E-state index in [9.17, 15) is 14.7 Å². The molecule has 2 amide bonds. The van der Waals surface area contributed by atoms with Crippen LogP contribution in [0.1, 0.15) is 56.4 Å². The molecule has 0 aromatic heterocycles. The molecule has 6 nitrogen and oxygen atoms in total. The second-order valence-electron chi connectivity index (χ2n) is 9.37. The van der Waals surface area contributed by atoms with Crippen molar-refractivity contribution >= 4 is 28.3 Å². The molecule has 3 atom stereocenters. The highest BCUT2D eigenvalue weighted by atomic mass is 16.5. The number of carbonyl (C=O) groups is 2. The highest BCUT2D eigenvalue weighted by Gasteiger charge is 2.33. The first-order valence-electron chi connectivity index (χ1n) is 12.3. The van der Waals surface area contributed by atoms with Crippen LogP contribution in [0.15, 0.2) is 54.6 Å². The summed E-state index contributed by atoms with van der Waals surface area (Å²) >= 11 is 0. The van der Waals surface area contributed by atoms with Crippen LogP contribution in [-0.2, 0) is 22.6 Å². The number of para-hydroxylation sites is 1. The van der Waals surface area contributed by atoms with Crippen LogP contribution >= 0.6 is 0 Å². The van der Waals surface area contributed by atoms with E-state index in [-0.39, 0.29) is 17.7 Å². The quantitative estimate of drug-likeness (QED) is 0.510. The number of anilines is 1. The zero-order valence-electron chi connectivity index (χ0n) is 20.9. The number of nitrogens with zero attached hydrogens (tertiary/aromatic N) is 1. The van der Waals surface area contributed by atoms with Gasteiger partial charge in [-0.05, 0) is 66.3 Å². The third-order valence-electron chi connectivity index (χ3n) is 7.06. The molecule has 1 aliphatic rings. The number of fused-ring (bicyclic) bond motifs is 2. The van der Waals surface area contributed by atoms with Gasteiger partial charge in [0.05, 0.1) is 19.8 Å².